The first-order valence-electron chi connectivity index (χ1n) is 5.13. The molecule has 0 saturated heterocycles. The quantitative estimate of drug-likeness (QED) is 0.838. The van der Waals surface area contributed by atoms with Gasteiger partial charge >= 0.3 is 0 Å². The van der Waals surface area contributed by atoms with Gasteiger partial charge in [0.15, 0.2) is 0 Å². The molecule has 0 bridgehead atoms. The highest BCUT2D eigenvalue weighted by Crippen LogP contribution is 2.39. The smallest absolute Gasteiger partial charge is 0.0495 e. The molecule has 0 aromatic heterocycles. The van der Waals surface area contributed by atoms with E-state index in [0.29, 0.717) is 11.3 Å². The van der Waals surface area contributed by atoms with Crippen molar-refractivity contribution in [3.8, 4) is 0 Å². The predicted molar refractivity (Wildman–Crippen MR) is 67.9 cm³/mol. The average molecular weight is 243 g/mol. The van der Waals surface area contributed by atoms with Crippen molar-refractivity contribution in [2.75, 3.05) is 11.9 Å². The maximum Gasteiger partial charge on any atom is 0.0495 e. The van der Waals surface area contributed by atoms with Crippen LogP contribution in [-0.4, -0.2) is 17.8 Å². The van der Waals surface area contributed by atoms with E-state index in [0.717, 1.165) is 23.7 Å². The highest BCUT2D eigenvalue weighted by Gasteiger charge is 2.24. The Labute approximate surface area is 99.6 Å². The van der Waals surface area contributed by atoms with Crippen LogP contribution in [0.15, 0.2) is 23.1 Å². The molecule has 0 saturated carbocycles. The molecule has 2 nitrogen and oxygen atoms in total. The number of rotatable bonds is 2. The van der Waals surface area contributed by atoms with Crippen molar-refractivity contribution in [3.05, 3.63) is 23.2 Å². The summed E-state index contributed by atoms with van der Waals surface area (Å²) in [7, 11) is 0. The van der Waals surface area contributed by atoms with Crippen molar-refractivity contribution in [1.29, 1.82) is 0 Å². The summed E-state index contributed by atoms with van der Waals surface area (Å²) in [6, 6.07) is 6.44. The van der Waals surface area contributed by atoms with Crippen molar-refractivity contribution in [2.24, 2.45) is 5.73 Å². The molecule has 15 heavy (non-hydrogen) atoms. The van der Waals surface area contributed by atoms with Gasteiger partial charge in [-0.2, -0.15) is 0 Å². The number of nitrogens with one attached hydrogen (secondary N) is 1. The SMILES string of the molecule is CC1Nc2cc(Cl)ccc2SC1CCN. The Kier molecular flexibility index (Phi) is 3.44. The highest BCUT2D eigenvalue weighted by atomic mass is 35.5. The van der Waals surface area contributed by atoms with Gasteiger partial charge in [-0.05, 0) is 38.1 Å². The summed E-state index contributed by atoms with van der Waals surface area (Å²) in [4.78, 5) is 1.27. The first-order chi connectivity index (χ1) is 7.20. The van der Waals surface area contributed by atoms with Gasteiger partial charge in [0, 0.05) is 26.9 Å². The lowest BCUT2D eigenvalue weighted by molar-refractivity contribution is 0.672. The Hall–Kier alpha value is -0.380. The van der Waals surface area contributed by atoms with Gasteiger partial charge in [-0.3, -0.25) is 0 Å². The van der Waals surface area contributed by atoms with E-state index in [4.69, 9.17) is 17.3 Å². The van der Waals surface area contributed by atoms with E-state index >= 15 is 0 Å². The Morgan fingerprint density at radius 2 is 2.33 bits per heavy atom. The van der Waals surface area contributed by atoms with Gasteiger partial charge in [0.1, 0.15) is 0 Å². The number of thioether (sulfide) groups is 1. The van der Waals surface area contributed by atoms with E-state index in [9.17, 15) is 0 Å². The van der Waals surface area contributed by atoms with Crippen molar-refractivity contribution in [1.82, 2.24) is 0 Å². The lowest BCUT2D eigenvalue weighted by Crippen LogP contribution is -2.33. The molecule has 82 valence electrons. The second-order valence-corrected chi connectivity index (χ2v) is 5.52. The molecule has 2 rings (SSSR count). The van der Waals surface area contributed by atoms with Crippen LogP contribution in [0.5, 0.6) is 0 Å². The Balaban J connectivity index is 2.22. The van der Waals surface area contributed by atoms with Crippen molar-refractivity contribution >= 4 is 29.1 Å². The summed E-state index contributed by atoms with van der Waals surface area (Å²) < 4.78 is 0. The number of anilines is 1. The van der Waals surface area contributed by atoms with Crippen LogP contribution in [0.3, 0.4) is 0 Å². The zero-order valence-corrected chi connectivity index (χ0v) is 10.2. The largest absolute Gasteiger partial charge is 0.381 e. The minimum absolute atomic E-state index is 0.449. The molecular formula is C11H15ClN2S. The van der Waals surface area contributed by atoms with Gasteiger partial charge in [0.05, 0.1) is 0 Å². The van der Waals surface area contributed by atoms with Crippen LogP contribution in [-0.2, 0) is 0 Å². The fourth-order valence-corrected chi connectivity index (χ4v) is 3.21. The number of benzene rings is 1. The Morgan fingerprint density at radius 3 is 3.07 bits per heavy atom. The summed E-state index contributed by atoms with van der Waals surface area (Å²) in [5.41, 5.74) is 6.75. The minimum Gasteiger partial charge on any atom is -0.381 e. The number of halogens is 1. The third kappa shape index (κ3) is 2.41. The molecule has 1 heterocycles. The van der Waals surface area contributed by atoms with Crippen molar-refractivity contribution in [3.63, 3.8) is 0 Å². The fourth-order valence-electron chi connectivity index (χ4n) is 1.79. The standard InChI is InChI=1S/C11H15ClN2S/c1-7-10(4-5-13)15-11-3-2-8(12)6-9(11)14-7/h2-3,6-7,10,14H,4-5,13H2,1H3. The van der Waals surface area contributed by atoms with Gasteiger partial charge in [-0.1, -0.05) is 11.6 Å². The summed E-state index contributed by atoms with van der Waals surface area (Å²) in [6.07, 6.45) is 1.04. The van der Waals surface area contributed by atoms with Crippen LogP contribution in [0, 0.1) is 0 Å². The number of nitrogens with two attached hydrogens (primary N) is 1. The second kappa shape index (κ2) is 4.64. The normalized spacial score (nSPS) is 24.5. The molecule has 1 aliphatic heterocycles. The number of hydrogen-bond acceptors (Lipinski definition) is 3. The van der Waals surface area contributed by atoms with Crippen molar-refractivity contribution in [2.45, 2.75) is 29.5 Å². The highest BCUT2D eigenvalue weighted by molar-refractivity contribution is 8.00. The molecule has 1 aromatic carbocycles. The summed E-state index contributed by atoms with van der Waals surface area (Å²) in [5.74, 6) is 0. The lowest BCUT2D eigenvalue weighted by atomic mass is 10.1. The van der Waals surface area contributed by atoms with Gasteiger partial charge in [-0.25, -0.2) is 0 Å². The molecule has 3 N–H and O–H groups in total. The molecule has 1 aliphatic rings. The van der Waals surface area contributed by atoms with Gasteiger partial charge < -0.3 is 11.1 Å². The summed E-state index contributed by atoms with van der Waals surface area (Å²) in [6.45, 7) is 2.93. The monoisotopic (exact) mass is 242 g/mol. The molecule has 0 aliphatic carbocycles. The van der Waals surface area contributed by atoms with Crippen LogP contribution in [0.2, 0.25) is 5.02 Å². The Morgan fingerprint density at radius 1 is 1.53 bits per heavy atom. The average Bonchev–Trinajstić information content (AvgIpc) is 2.20. The summed E-state index contributed by atoms with van der Waals surface area (Å²) in [5, 5.41) is 4.82. The predicted octanol–water partition coefficient (Wildman–Crippen LogP) is 2.96. The fraction of sp³-hybridized carbons (Fsp3) is 0.455. The van der Waals surface area contributed by atoms with E-state index in [1.54, 1.807) is 0 Å². The maximum absolute atomic E-state index is 5.95. The zero-order chi connectivity index (χ0) is 10.8. The topological polar surface area (TPSA) is 38.0 Å². The minimum atomic E-state index is 0.449. The van der Waals surface area contributed by atoms with Crippen LogP contribution in [0.1, 0.15) is 13.3 Å². The van der Waals surface area contributed by atoms with Gasteiger partial charge in [0.2, 0.25) is 0 Å². The van der Waals surface area contributed by atoms with E-state index in [2.05, 4.69) is 18.3 Å². The van der Waals surface area contributed by atoms with E-state index < -0.39 is 0 Å². The zero-order valence-electron chi connectivity index (χ0n) is 8.66. The van der Waals surface area contributed by atoms with E-state index in [-0.39, 0.29) is 0 Å². The Bertz CT molecular complexity index is 356. The number of hydrogen-bond donors (Lipinski definition) is 2. The first kappa shape index (κ1) is 11.1. The molecule has 1 aromatic rings. The maximum atomic E-state index is 5.95. The molecule has 0 radical (unpaired) electrons. The van der Waals surface area contributed by atoms with E-state index in [1.807, 2.05) is 23.9 Å². The lowest BCUT2D eigenvalue weighted by Gasteiger charge is -2.31. The number of fused-ring (bicyclic) bond motifs is 1. The molecule has 0 fully saturated rings. The molecule has 0 amide bonds. The van der Waals surface area contributed by atoms with Gasteiger partial charge in [-0.15, -0.1) is 11.8 Å². The molecular weight excluding hydrogens is 228 g/mol. The second-order valence-electron chi connectivity index (χ2n) is 3.81. The van der Waals surface area contributed by atoms with Crippen molar-refractivity contribution < 1.29 is 0 Å². The summed E-state index contributed by atoms with van der Waals surface area (Å²) >= 11 is 7.85. The molecule has 4 heteroatoms. The van der Waals surface area contributed by atoms with E-state index in [1.165, 1.54) is 4.90 Å². The van der Waals surface area contributed by atoms with Crippen LogP contribution in [0.25, 0.3) is 0 Å². The molecule has 2 atom stereocenters. The molecule has 0 spiro atoms. The van der Waals surface area contributed by atoms with Crippen LogP contribution in [0.4, 0.5) is 5.69 Å². The van der Waals surface area contributed by atoms with Crippen LogP contribution >= 0.6 is 23.4 Å². The van der Waals surface area contributed by atoms with Gasteiger partial charge in [0.25, 0.3) is 0 Å². The van der Waals surface area contributed by atoms with Crippen LogP contribution < -0.4 is 11.1 Å². The third-order valence-corrected chi connectivity index (χ3v) is 4.40. The third-order valence-electron chi connectivity index (χ3n) is 2.61. The first-order valence-corrected chi connectivity index (χ1v) is 6.39. The molecule has 2 unspecified atom stereocenters.